The minimum Gasteiger partial charge on any atom is -0.406 e. The van der Waals surface area contributed by atoms with E-state index in [2.05, 4.69) is 4.74 Å². The van der Waals surface area contributed by atoms with Crippen LogP contribution < -0.4 is 4.74 Å². The third-order valence-corrected chi connectivity index (χ3v) is 4.35. The van der Waals surface area contributed by atoms with Crippen LogP contribution in [0.2, 0.25) is 5.02 Å². The summed E-state index contributed by atoms with van der Waals surface area (Å²) in [5, 5.41) is -0.0388. The molecule has 0 amide bonds. The van der Waals surface area contributed by atoms with Crippen molar-refractivity contribution in [3.8, 4) is 5.75 Å². The molecule has 2 rings (SSSR count). The van der Waals surface area contributed by atoms with E-state index in [0.717, 1.165) is 17.7 Å². The molecule has 0 spiro atoms. The van der Waals surface area contributed by atoms with E-state index in [1.807, 2.05) is 0 Å². The average molecular weight is 381 g/mol. The molecule has 0 unspecified atom stereocenters. The largest absolute Gasteiger partial charge is 0.573 e. The maximum atomic E-state index is 12.2. The molecule has 0 atom stereocenters. The Kier molecular flexibility index (Phi) is 5.42. The van der Waals surface area contributed by atoms with Crippen LogP contribution in [-0.2, 0) is 20.9 Å². The smallest absolute Gasteiger partial charge is 0.406 e. The van der Waals surface area contributed by atoms with Gasteiger partial charge in [-0.15, -0.1) is 13.2 Å². The van der Waals surface area contributed by atoms with Crippen molar-refractivity contribution >= 4 is 21.7 Å². The van der Waals surface area contributed by atoms with Gasteiger partial charge < -0.3 is 4.74 Å². The Morgan fingerprint density at radius 1 is 1.08 bits per heavy atom. The van der Waals surface area contributed by atoms with Gasteiger partial charge in [0, 0.05) is 5.02 Å². The van der Waals surface area contributed by atoms with Crippen LogP contribution in [0.25, 0.3) is 0 Å². The lowest BCUT2D eigenvalue weighted by molar-refractivity contribution is -0.274. The van der Waals surface area contributed by atoms with E-state index in [1.165, 1.54) is 18.2 Å². The maximum absolute atomic E-state index is 12.2. The Morgan fingerprint density at radius 2 is 1.71 bits per heavy atom. The van der Waals surface area contributed by atoms with E-state index in [1.54, 1.807) is 19.1 Å². The topological polar surface area (TPSA) is 52.6 Å². The molecule has 0 saturated heterocycles. The lowest BCUT2D eigenvalue weighted by Crippen LogP contribution is -2.17. The van der Waals surface area contributed by atoms with Crippen molar-refractivity contribution < 1.29 is 30.5 Å². The molecular formula is C15H12ClF3O4S. The molecule has 0 aliphatic rings. The predicted molar refractivity (Wildman–Crippen MR) is 81.3 cm³/mol. The summed E-state index contributed by atoms with van der Waals surface area (Å²) < 4.78 is 69.4. The Morgan fingerprint density at radius 3 is 2.29 bits per heavy atom. The number of benzene rings is 2. The molecule has 0 bridgehead atoms. The average Bonchev–Trinajstić information content (AvgIpc) is 2.43. The monoisotopic (exact) mass is 380 g/mol. The highest BCUT2D eigenvalue weighted by Gasteiger charge is 2.31. The van der Waals surface area contributed by atoms with Crippen LogP contribution in [0.5, 0.6) is 5.75 Å². The van der Waals surface area contributed by atoms with Gasteiger partial charge in [-0.25, -0.2) is 0 Å². The molecule has 0 aliphatic heterocycles. The summed E-state index contributed by atoms with van der Waals surface area (Å²) in [6.07, 6.45) is -4.88. The molecule has 0 radical (unpaired) electrons. The second kappa shape index (κ2) is 7.00. The molecule has 4 nitrogen and oxygen atoms in total. The van der Waals surface area contributed by atoms with E-state index >= 15 is 0 Å². The van der Waals surface area contributed by atoms with Crippen molar-refractivity contribution in [2.24, 2.45) is 0 Å². The molecule has 0 aromatic heterocycles. The van der Waals surface area contributed by atoms with Gasteiger partial charge in [-0.2, -0.15) is 8.42 Å². The zero-order valence-electron chi connectivity index (χ0n) is 12.3. The first-order valence-corrected chi connectivity index (χ1v) is 8.35. The highest BCUT2D eigenvalue weighted by molar-refractivity contribution is 7.86. The third kappa shape index (κ3) is 5.40. The molecule has 0 saturated carbocycles. The summed E-state index contributed by atoms with van der Waals surface area (Å²) in [7, 11) is -4.04. The standard InChI is InChI=1S/C15H12ClF3O4S/c1-10-2-4-14(5-3-10)24(20,21)22-9-11-6-12(16)8-13(7-11)23-15(17,18)19/h2-8H,9H2,1H3. The second-order valence-corrected chi connectivity index (χ2v) is 6.92. The van der Waals surface area contributed by atoms with Crippen molar-refractivity contribution in [2.75, 3.05) is 0 Å². The van der Waals surface area contributed by atoms with Gasteiger partial charge >= 0.3 is 6.36 Å². The van der Waals surface area contributed by atoms with Gasteiger partial charge in [0.25, 0.3) is 10.1 Å². The fraction of sp³-hybridized carbons (Fsp3) is 0.200. The minimum absolute atomic E-state index is 0.0388. The first kappa shape index (κ1) is 18.6. The zero-order valence-corrected chi connectivity index (χ0v) is 13.9. The summed E-state index contributed by atoms with van der Waals surface area (Å²) in [5.41, 5.74) is 0.996. The Labute approximate surface area is 141 Å². The quantitative estimate of drug-likeness (QED) is 0.719. The summed E-state index contributed by atoms with van der Waals surface area (Å²) in [6, 6.07) is 9.21. The number of hydrogen-bond donors (Lipinski definition) is 0. The van der Waals surface area contributed by atoms with Crippen LogP contribution in [0, 0.1) is 6.92 Å². The number of rotatable bonds is 5. The predicted octanol–water partition coefficient (Wildman–Crippen LogP) is 4.45. The molecule has 2 aromatic carbocycles. The van der Waals surface area contributed by atoms with Crippen molar-refractivity contribution in [3.63, 3.8) is 0 Å². The summed E-state index contributed by atoms with van der Waals surface area (Å²) in [4.78, 5) is -0.0538. The van der Waals surface area contributed by atoms with Crippen LogP contribution in [0.1, 0.15) is 11.1 Å². The lowest BCUT2D eigenvalue weighted by Gasteiger charge is -2.11. The first-order valence-electron chi connectivity index (χ1n) is 6.56. The summed E-state index contributed by atoms with van der Waals surface area (Å²) >= 11 is 5.71. The van der Waals surface area contributed by atoms with Crippen molar-refractivity contribution in [1.29, 1.82) is 0 Å². The number of ether oxygens (including phenoxy) is 1. The molecular weight excluding hydrogens is 369 g/mol. The van der Waals surface area contributed by atoms with E-state index in [9.17, 15) is 21.6 Å². The van der Waals surface area contributed by atoms with Gasteiger partial charge in [-0.1, -0.05) is 29.3 Å². The fourth-order valence-electron chi connectivity index (χ4n) is 1.82. The van der Waals surface area contributed by atoms with E-state index in [4.69, 9.17) is 15.8 Å². The number of aryl methyl sites for hydroxylation is 1. The van der Waals surface area contributed by atoms with E-state index in [-0.39, 0.29) is 15.5 Å². The maximum Gasteiger partial charge on any atom is 0.573 e. The molecule has 0 fully saturated rings. The normalized spacial score (nSPS) is 12.2. The number of hydrogen-bond acceptors (Lipinski definition) is 4. The molecule has 0 heterocycles. The van der Waals surface area contributed by atoms with E-state index in [0.29, 0.717) is 0 Å². The van der Waals surface area contributed by atoms with Crippen molar-refractivity contribution in [2.45, 2.75) is 24.8 Å². The molecule has 0 N–H and O–H groups in total. The van der Waals surface area contributed by atoms with E-state index < -0.39 is 28.8 Å². The highest BCUT2D eigenvalue weighted by atomic mass is 35.5. The highest BCUT2D eigenvalue weighted by Crippen LogP contribution is 2.28. The summed E-state index contributed by atoms with van der Waals surface area (Å²) in [6.45, 7) is 1.32. The zero-order chi connectivity index (χ0) is 18.0. The molecule has 130 valence electrons. The molecule has 9 heteroatoms. The second-order valence-electron chi connectivity index (χ2n) is 4.87. The van der Waals surface area contributed by atoms with Gasteiger partial charge in [-0.3, -0.25) is 4.18 Å². The van der Waals surface area contributed by atoms with Gasteiger partial charge in [0.2, 0.25) is 0 Å². The van der Waals surface area contributed by atoms with Gasteiger partial charge in [0.05, 0.1) is 11.5 Å². The van der Waals surface area contributed by atoms with Crippen LogP contribution in [0.3, 0.4) is 0 Å². The molecule has 24 heavy (non-hydrogen) atoms. The Balaban J connectivity index is 2.15. The number of halogens is 4. The molecule has 2 aromatic rings. The SMILES string of the molecule is Cc1ccc(S(=O)(=O)OCc2cc(Cl)cc(OC(F)(F)F)c2)cc1. The van der Waals surface area contributed by atoms with Gasteiger partial charge in [0.15, 0.2) is 0 Å². The Hall–Kier alpha value is -1.77. The summed E-state index contributed by atoms with van der Waals surface area (Å²) in [5.74, 6) is -0.554. The van der Waals surface area contributed by atoms with Crippen molar-refractivity contribution in [1.82, 2.24) is 0 Å². The third-order valence-electron chi connectivity index (χ3n) is 2.86. The fourth-order valence-corrected chi connectivity index (χ4v) is 2.96. The van der Waals surface area contributed by atoms with Crippen LogP contribution in [0.4, 0.5) is 13.2 Å². The van der Waals surface area contributed by atoms with Crippen LogP contribution >= 0.6 is 11.6 Å². The Bertz CT molecular complexity index is 818. The molecule has 0 aliphatic carbocycles. The van der Waals surface area contributed by atoms with Crippen LogP contribution in [-0.4, -0.2) is 14.8 Å². The van der Waals surface area contributed by atoms with Gasteiger partial charge in [0.1, 0.15) is 5.75 Å². The van der Waals surface area contributed by atoms with Crippen LogP contribution in [0.15, 0.2) is 47.4 Å². The van der Waals surface area contributed by atoms with Crippen molar-refractivity contribution in [3.05, 3.63) is 58.6 Å². The minimum atomic E-state index is -4.88. The number of alkyl halides is 3. The lowest BCUT2D eigenvalue weighted by atomic mass is 10.2. The first-order chi connectivity index (χ1) is 11.0. The van der Waals surface area contributed by atoms with Gasteiger partial charge in [-0.05, 0) is 42.8 Å².